The van der Waals surface area contributed by atoms with Gasteiger partial charge in [0.05, 0.1) is 11.2 Å². The zero-order valence-corrected chi connectivity index (χ0v) is 14.6. The summed E-state index contributed by atoms with van der Waals surface area (Å²) in [6.45, 7) is 1.19. The molecule has 0 saturated carbocycles. The molecule has 0 atom stereocenters. The standard InChI is InChI=1S/C20H19N3OS/c24-20(9-8-19-15-25-16-22-19)23(14-18-7-4-11-21-13-18)12-10-17-5-2-1-3-6-17/h1-9,11,13,15-16H,10,12,14H2. The van der Waals surface area contributed by atoms with Gasteiger partial charge in [-0.15, -0.1) is 11.3 Å². The fraction of sp³-hybridized carbons (Fsp3) is 0.150. The Hall–Kier alpha value is -2.79. The van der Waals surface area contributed by atoms with Gasteiger partial charge in [0.2, 0.25) is 5.91 Å². The van der Waals surface area contributed by atoms with E-state index in [0.717, 1.165) is 17.7 Å². The minimum Gasteiger partial charge on any atom is -0.334 e. The molecule has 3 aromatic rings. The summed E-state index contributed by atoms with van der Waals surface area (Å²) in [6.07, 6.45) is 7.71. The molecule has 126 valence electrons. The van der Waals surface area contributed by atoms with Crippen molar-refractivity contribution in [3.8, 4) is 0 Å². The molecule has 0 radical (unpaired) electrons. The van der Waals surface area contributed by atoms with Gasteiger partial charge in [-0.3, -0.25) is 9.78 Å². The number of rotatable bonds is 7. The molecule has 0 bridgehead atoms. The number of amides is 1. The Labute approximate surface area is 151 Å². The Balaban J connectivity index is 1.69. The van der Waals surface area contributed by atoms with Crippen molar-refractivity contribution in [3.05, 3.63) is 88.6 Å². The molecule has 0 aliphatic rings. The first-order chi connectivity index (χ1) is 12.3. The van der Waals surface area contributed by atoms with Crippen LogP contribution in [0.3, 0.4) is 0 Å². The molecule has 5 heteroatoms. The maximum Gasteiger partial charge on any atom is 0.246 e. The summed E-state index contributed by atoms with van der Waals surface area (Å²) in [6, 6.07) is 14.1. The highest BCUT2D eigenvalue weighted by atomic mass is 32.1. The lowest BCUT2D eigenvalue weighted by molar-refractivity contribution is -0.126. The Morgan fingerprint density at radius 1 is 1.12 bits per heavy atom. The van der Waals surface area contributed by atoms with Crippen LogP contribution < -0.4 is 0 Å². The van der Waals surface area contributed by atoms with E-state index in [1.54, 1.807) is 30.1 Å². The van der Waals surface area contributed by atoms with E-state index in [1.165, 1.54) is 16.9 Å². The molecule has 0 saturated heterocycles. The smallest absolute Gasteiger partial charge is 0.246 e. The number of carbonyl (C=O) groups is 1. The van der Waals surface area contributed by atoms with Gasteiger partial charge < -0.3 is 4.90 Å². The fourth-order valence-corrected chi connectivity index (χ4v) is 2.98. The number of nitrogens with zero attached hydrogens (tertiary/aromatic N) is 3. The van der Waals surface area contributed by atoms with Crippen LogP contribution in [0.25, 0.3) is 6.08 Å². The van der Waals surface area contributed by atoms with E-state index in [2.05, 4.69) is 22.1 Å². The highest BCUT2D eigenvalue weighted by Gasteiger charge is 2.12. The Morgan fingerprint density at radius 2 is 1.96 bits per heavy atom. The summed E-state index contributed by atoms with van der Waals surface area (Å²) in [7, 11) is 0. The van der Waals surface area contributed by atoms with Gasteiger partial charge in [-0.1, -0.05) is 36.4 Å². The summed E-state index contributed by atoms with van der Waals surface area (Å²) in [5, 5.41) is 1.92. The average Bonchev–Trinajstić information content (AvgIpc) is 3.18. The Bertz CT molecular complexity index is 801. The molecule has 25 heavy (non-hydrogen) atoms. The zero-order chi connectivity index (χ0) is 17.3. The SMILES string of the molecule is O=C(C=Cc1cscn1)N(CCc1ccccc1)Cc1cccnc1. The van der Waals surface area contributed by atoms with Crippen LogP contribution in [-0.4, -0.2) is 27.3 Å². The molecule has 4 nitrogen and oxygen atoms in total. The topological polar surface area (TPSA) is 46.1 Å². The molecule has 0 aliphatic heterocycles. The van der Waals surface area contributed by atoms with Crippen molar-refractivity contribution in [3.63, 3.8) is 0 Å². The molecule has 1 amide bonds. The molecule has 0 unspecified atom stereocenters. The second kappa shape index (κ2) is 8.89. The van der Waals surface area contributed by atoms with E-state index >= 15 is 0 Å². The predicted molar refractivity (Wildman–Crippen MR) is 101 cm³/mol. The quantitative estimate of drug-likeness (QED) is 0.609. The van der Waals surface area contributed by atoms with Crippen LogP contribution in [0.5, 0.6) is 0 Å². The van der Waals surface area contributed by atoms with Crippen molar-refractivity contribution >= 4 is 23.3 Å². The van der Waals surface area contributed by atoms with Crippen molar-refractivity contribution in [1.82, 2.24) is 14.9 Å². The number of pyridine rings is 1. The number of hydrogen-bond acceptors (Lipinski definition) is 4. The molecule has 2 aromatic heterocycles. The lowest BCUT2D eigenvalue weighted by Gasteiger charge is -2.21. The number of aromatic nitrogens is 2. The van der Waals surface area contributed by atoms with E-state index in [0.29, 0.717) is 13.1 Å². The largest absolute Gasteiger partial charge is 0.334 e. The summed E-state index contributed by atoms with van der Waals surface area (Å²) in [5.41, 5.74) is 4.80. The molecular weight excluding hydrogens is 330 g/mol. The van der Waals surface area contributed by atoms with Gasteiger partial charge in [0.25, 0.3) is 0 Å². The van der Waals surface area contributed by atoms with Gasteiger partial charge in [0, 0.05) is 36.9 Å². The molecule has 0 fully saturated rings. The van der Waals surface area contributed by atoms with Crippen molar-refractivity contribution in [2.24, 2.45) is 0 Å². The maximum absolute atomic E-state index is 12.7. The minimum atomic E-state index is -0.0206. The van der Waals surface area contributed by atoms with Crippen LogP contribution >= 0.6 is 11.3 Å². The van der Waals surface area contributed by atoms with Crippen molar-refractivity contribution in [2.45, 2.75) is 13.0 Å². The monoisotopic (exact) mass is 349 g/mol. The summed E-state index contributed by atoms with van der Waals surface area (Å²) >= 11 is 1.51. The van der Waals surface area contributed by atoms with E-state index in [4.69, 9.17) is 0 Å². The molecular formula is C20H19N3OS. The number of benzene rings is 1. The summed E-state index contributed by atoms with van der Waals surface area (Å²) in [5.74, 6) is -0.0206. The second-order valence-corrected chi connectivity index (χ2v) is 6.32. The van der Waals surface area contributed by atoms with Crippen LogP contribution in [0.4, 0.5) is 0 Å². The van der Waals surface area contributed by atoms with Crippen LogP contribution in [-0.2, 0) is 17.8 Å². The van der Waals surface area contributed by atoms with Gasteiger partial charge in [-0.05, 0) is 29.7 Å². The van der Waals surface area contributed by atoms with Crippen LogP contribution in [0.2, 0.25) is 0 Å². The fourth-order valence-electron chi connectivity index (χ4n) is 2.45. The molecule has 0 aliphatic carbocycles. The second-order valence-electron chi connectivity index (χ2n) is 5.60. The highest BCUT2D eigenvalue weighted by molar-refractivity contribution is 7.07. The van der Waals surface area contributed by atoms with Crippen LogP contribution in [0.15, 0.2) is 71.8 Å². The number of thiazole rings is 1. The van der Waals surface area contributed by atoms with Gasteiger partial charge in [0.15, 0.2) is 0 Å². The molecule has 3 rings (SSSR count). The van der Waals surface area contributed by atoms with E-state index < -0.39 is 0 Å². The zero-order valence-electron chi connectivity index (χ0n) is 13.8. The van der Waals surface area contributed by atoms with Gasteiger partial charge in [-0.2, -0.15) is 0 Å². The van der Waals surface area contributed by atoms with Crippen molar-refractivity contribution < 1.29 is 4.79 Å². The van der Waals surface area contributed by atoms with Gasteiger partial charge in [0.1, 0.15) is 0 Å². The highest BCUT2D eigenvalue weighted by Crippen LogP contribution is 2.09. The molecule has 2 heterocycles. The molecule has 1 aromatic carbocycles. The maximum atomic E-state index is 12.7. The van der Waals surface area contributed by atoms with Crippen molar-refractivity contribution in [1.29, 1.82) is 0 Å². The Morgan fingerprint density at radius 3 is 2.68 bits per heavy atom. The number of carbonyl (C=O) groups excluding carboxylic acids is 1. The molecule has 0 N–H and O–H groups in total. The third-order valence-corrected chi connectivity index (χ3v) is 4.37. The third kappa shape index (κ3) is 5.36. The number of hydrogen-bond donors (Lipinski definition) is 0. The average molecular weight is 349 g/mol. The van der Waals surface area contributed by atoms with Crippen LogP contribution in [0.1, 0.15) is 16.8 Å². The Kier molecular flexibility index (Phi) is 6.06. The lowest BCUT2D eigenvalue weighted by Crippen LogP contribution is -2.31. The van der Waals surface area contributed by atoms with Gasteiger partial charge in [-0.25, -0.2) is 4.98 Å². The van der Waals surface area contributed by atoms with E-state index in [-0.39, 0.29) is 5.91 Å². The summed E-state index contributed by atoms with van der Waals surface area (Å²) in [4.78, 5) is 22.8. The first-order valence-electron chi connectivity index (χ1n) is 8.09. The lowest BCUT2D eigenvalue weighted by atomic mass is 10.1. The minimum absolute atomic E-state index is 0.0206. The van der Waals surface area contributed by atoms with Crippen LogP contribution in [0, 0.1) is 0 Å². The van der Waals surface area contributed by atoms with E-state index in [9.17, 15) is 4.79 Å². The van der Waals surface area contributed by atoms with Crippen molar-refractivity contribution in [2.75, 3.05) is 6.54 Å². The summed E-state index contributed by atoms with van der Waals surface area (Å²) < 4.78 is 0. The molecule has 0 spiro atoms. The first kappa shape index (κ1) is 17.0. The normalized spacial score (nSPS) is 10.9. The van der Waals surface area contributed by atoms with Gasteiger partial charge >= 0.3 is 0 Å². The predicted octanol–water partition coefficient (Wildman–Crippen LogP) is 3.82. The third-order valence-electron chi connectivity index (χ3n) is 3.77. The first-order valence-corrected chi connectivity index (χ1v) is 9.03. The van der Waals surface area contributed by atoms with E-state index in [1.807, 2.05) is 40.6 Å².